The largest absolute Gasteiger partial charge is 0.357 e. The summed E-state index contributed by atoms with van der Waals surface area (Å²) in [6.45, 7) is 4.88. The molecule has 0 spiro atoms. The Hall–Kier alpha value is -1.73. The molecule has 136 valence electrons. The van der Waals surface area contributed by atoms with Crippen LogP contribution in [0.25, 0.3) is 0 Å². The van der Waals surface area contributed by atoms with E-state index in [1.165, 1.54) is 12.8 Å². The molecule has 0 atom stereocenters. The highest BCUT2D eigenvalue weighted by Gasteiger charge is 2.15. The first-order valence-corrected chi connectivity index (χ1v) is 9.28. The molecule has 0 aliphatic carbocycles. The van der Waals surface area contributed by atoms with E-state index in [9.17, 15) is 0 Å². The quantitative estimate of drug-likeness (QED) is 0.614. The zero-order valence-corrected chi connectivity index (χ0v) is 16.0. The van der Waals surface area contributed by atoms with Gasteiger partial charge in [-0.25, -0.2) is 4.99 Å². The third-order valence-electron chi connectivity index (χ3n) is 4.31. The topological polar surface area (TPSA) is 72.1 Å². The van der Waals surface area contributed by atoms with E-state index in [4.69, 9.17) is 23.2 Å². The second-order valence-corrected chi connectivity index (χ2v) is 6.79. The maximum absolute atomic E-state index is 6.10. The molecule has 25 heavy (non-hydrogen) atoms. The maximum atomic E-state index is 6.10. The smallest absolute Gasteiger partial charge is 0.192 e. The molecule has 3 rings (SSSR count). The molecule has 2 aromatic rings. The van der Waals surface area contributed by atoms with Crippen molar-refractivity contribution in [2.45, 2.75) is 45.8 Å². The lowest BCUT2D eigenvalue weighted by atomic mass is 10.2. The normalized spacial score (nSPS) is 14.5. The van der Waals surface area contributed by atoms with Gasteiger partial charge in [0.2, 0.25) is 0 Å². The minimum atomic E-state index is 0.482. The van der Waals surface area contributed by atoms with Crippen LogP contribution in [0.3, 0.4) is 0 Å². The van der Waals surface area contributed by atoms with Gasteiger partial charge in [0.15, 0.2) is 11.8 Å². The fraction of sp³-hybridized carbons (Fsp3) is 0.562. The van der Waals surface area contributed by atoms with Crippen molar-refractivity contribution >= 4 is 29.2 Å². The summed E-state index contributed by atoms with van der Waals surface area (Å²) >= 11 is 12.2. The summed E-state index contributed by atoms with van der Waals surface area (Å²) in [4.78, 5) is 4.61. The van der Waals surface area contributed by atoms with Gasteiger partial charge in [0.05, 0.1) is 18.1 Å². The van der Waals surface area contributed by atoms with Crippen LogP contribution in [-0.4, -0.2) is 31.8 Å². The monoisotopic (exact) mass is 383 g/mol. The van der Waals surface area contributed by atoms with E-state index >= 15 is 0 Å². The van der Waals surface area contributed by atoms with Crippen molar-refractivity contribution in [3.05, 3.63) is 33.6 Å². The Morgan fingerprint density at radius 2 is 2.12 bits per heavy atom. The fourth-order valence-corrected chi connectivity index (χ4v) is 3.32. The van der Waals surface area contributed by atoms with Crippen LogP contribution in [0, 0.1) is 0 Å². The Bertz CT molecular complexity index is 763. The number of hydrogen-bond donors (Lipinski definition) is 2. The van der Waals surface area contributed by atoms with Crippen LogP contribution in [0.2, 0.25) is 10.2 Å². The van der Waals surface area contributed by atoms with E-state index in [0.717, 1.165) is 42.8 Å². The first-order chi connectivity index (χ1) is 12.1. The van der Waals surface area contributed by atoms with Crippen molar-refractivity contribution in [1.29, 1.82) is 0 Å². The van der Waals surface area contributed by atoms with Crippen LogP contribution in [-0.2, 0) is 33.1 Å². The second-order valence-electron chi connectivity index (χ2n) is 6.02. The van der Waals surface area contributed by atoms with Gasteiger partial charge in [-0.1, -0.05) is 23.2 Å². The summed E-state index contributed by atoms with van der Waals surface area (Å²) < 4.78 is 4.04. The van der Waals surface area contributed by atoms with Crippen molar-refractivity contribution in [2.24, 2.45) is 12.0 Å². The lowest BCUT2D eigenvalue weighted by molar-refractivity contribution is 0.504. The molecule has 7 nitrogen and oxygen atoms in total. The molecular formula is C16H23Cl2N7. The van der Waals surface area contributed by atoms with E-state index in [2.05, 4.69) is 30.4 Å². The molecular weight excluding hydrogens is 361 g/mol. The molecule has 0 saturated carbocycles. The summed E-state index contributed by atoms with van der Waals surface area (Å²) in [6, 6.07) is 1.84. The fourth-order valence-electron chi connectivity index (χ4n) is 2.90. The van der Waals surface area contributed by atoms with Gasteiger partial charge in [-0.15, -0.1) is 10.2 Å². The molecule has 3 heterocycles. The van der Waals surface area contributed by atoms with Gasteiger partial charge in [0, 0.05) is 32.3 Å². The average molecular weight is 384 g/mol. The molecule has 0 aromatic carbocycles. The van der Waals surface area contributed by atoms with Gasteiger partial charge in [0.25, 0.3) is 0 Å². The van der Waals surface area contributed by atoms with E-state index in [1.807, 2.05) is 24.6 Å². The van der Waals surface area contributed by atoms with Crippen LogP contribution in [0.1, 0.15) is 37.1 Å². The number of fused-ring (bicyclic) bond motifs is 1. The molecule has 9 heteroatoms. The lowest BCUT2D eigenvalue weighted by Crippen LogP contribution is -2.37. The van der Waals surface area contributed by atoms with Crippen molar-refractivity contribution in [3.63, 3.8) is 0 Å². The van der Waals surface area contributed by atoms with Crippen LogP contribution in [0.15, 0.2) is 11.1 Å². The number of nitrogens with zero attached hydrogens (tertiary/aromatic N) is 5. The zero-order valence-electron chi connectivity index (χ0n) is 14.5. The highest BCUT2D eigenvalue weighted by atomic mass is 35.5. The minimum absolute atomic E-state index is 0.482. The number of aromatic nitrogens is 4. The maximum Gasteiger partial charge on any atom is 0.192 e. The number of aryl methyl sites for hydroxylation is 1. The SMILES string of the molecule is CCNC(=NCc1cc(Cl)c(Cl)n1C)NCc1nnc2n1CCCC2. The number of aliphatic imine (C=N–C) groups is 1. The van der Waals surface area contributed by atoms with Gasteiger partial charge < -0.3 is 19.8 Å². The van der Waals surface area contributed by atoms with Gasteiger partial charge in [-0.05, 0) is 25.8 Å². The van der Waals surface area contributed by atoms with Crippen LogP contribution >= 0.6 is 23.2 Å². The van der Waals surface area contributed by atoms with Gasteiger partial charge in [0.1, 0.15) is 11.0 Å². The van der Waals surface area contributed by atoms with Crippen molar-refractivity contribution < 1.29 is 0 Å². The summed E-state index contributed by atoms with van der Waals surface area (Å²) in [7, 11) is 1.88. The Labute approximate surface area is 157 Å². The predicted molar refractivity (Wildman–Crippen MR) is 100 cm³/mol. The number of nitrogens with one attached hydrogen (secondary N) is 2. The molecule has 1 aliphatic rings. The van der Waals surface area contributed by atoms with Gasteiger partial charge in [-0.2, -0.15) is 0 Å². The molecule has 2 aromatic heterocycles. The van der Waals surface area contributed by atoms with Gasteiger partial charge in [-0.3, -0.25) is 0 Å². The van der Waals surface area contributed by atoms with Crippen LogP contribution < -0.4 is 10.6 Å². The Morgan fingerprint density at radius 3 is 2.84 bits per heavy atom. The zero-order chi connectivity index (χ0) is 17.8. The van der Waals surface area contributed by atoms with E-state index in [0.29, 0.717) is 23.3 Å². The number of rotatable bonds is 5. The molecule has 0 saturated heterocycles. The van der Waals surface area contributed by atoms with E-state index in [1.54, 1.807) is 0 Å². The van der Waals surface area contributed by atoms with Crippen molar-refractivity contribution in [1.82, 2.24) is 30.0 Å². The summed E-state index contributed by atoms with van der Waals surface area (Å²) in [5.41, 5.74) is 0.951. The van der Waals surface area contributed by atoms with Gasteiger partial charge >= 0.3 is 0 Å². The highest BCUT2D eigenvalue weighted by molar-refractivity contribution is 6.41. The van der Waals surface area contributed by atoms with Crippen LogP contribution in [0.4, 0.5) is 0 Å². The molecule has 1 aliphatic heterocycles. The minimum Gasteiger partial charge on any atom is -0.357 e. The lowest BCUT2D eigenvalue weighted by Gasteiger charge is -2.16. The summed E-state index contributed by atoms with van der Waals surface area (Å²) in [5, 5.41) is 16.2. The summed E-state index contributed by atoms with van der Waals surface area (Å²) in [5.74, 6) is 2.76. The number of guanidine groups is 1. The first kappa shape index (κ1) is 18.1. The summed E-state index contributed by atoms with van der Waals surface area (Å²) in [6.07, 6.45) is 3.38. The molecule has 0 unspecified atom stereocenters. The number of hydrogen-bond acceptors (Lipinski definition) is 3. The molecule has 0 fully saturated rings. The second kappa shape index (κ2) is 8.10. The van der Waals surface area contributed by atoms with Crippen molar-refractivity contribution in [2.75, 3.05) is 6.54 Å². The molecule has 0 radical (unpaired) electrons. The number of halogens is 2. The van der Waals surface area contributed by atoms with E-state index < -0.39 is 0 Å². The predicted octanol–water partition coefficient (Wildman–Crippen LogP) is 2.52. The third kappa shape index (κ3) is 4.10. The Balaban J connectivity index is 1.66. The molecule has 0 bridgehead atoms. The highest BCUT2D eigenvalue weighted by Crippen LogP contribution is 2.25. The Morgan fingerprint density at radius 1 is 1.28 bits per heavy atom. The van der Waals surface area contributed by atoms with E-state index in [-0.39, 0.29) is 0 Å². The van der Waals surface area contributed by atoms with Crippen LogP contribution in [0.5, 0.6) is 0 Å². The molecule has 2 N–H and O–H groups in total. The molecule has 0 amide bonds. The van der Waals surface area contributed by atoms with Crippen molar-refractivity contribution in [3.8, 4) is 0 Å². The average Bonchev–Trinajstić information content (AvgIpc) is 3.14. The third-order valence-corrected chi connectivity index (χ3v) is 5.15. The first-order valence-electron chi connectivity index (χ1n) is 8.53. The Kier molecular flexibility index (Phi) is 5.86. The standard InChI is InChI=1S/C16H23Cl2N7/c1-3-19-16(20-9-11-8-12(17)15(18)24(11)2)21-10-14-23-22-13-6-4-5-7-25(13)14/h8H,3-7,9-10H2,1-2H3,(H2,19,20,21).